The maximum atomic E-state index is 12.2. The maximum Gasteiger partial charge on any atom is 0.271 e. The lowest BCUT2D eigenvalue weighted by atomic mass is 10.1. The third kappa shape index (κ3) is 4.57. The van der Waals surface area contributed by atoms with Gasteiger partial charge in [-0.3, -0.25) is 4.79 Å². The number of amides is 1. The van der Waals surface area contributed by atoms with E-state index in [2.05, 4.69) is 15.0 Å². The number of aromatic nitrogens is 1. The van der Waals surface area contributed by atoms with Crippen molar-refractivity contribution in [1.82, 2.24) is 15.0 Å². The molecule has 26 heavy (non-hydrogen) atoms. The first kappa shape index (κ1) is 18.3. The average Bonchev–Trinajstić information content (AvgIpc) is 3.32. The lowest BCUT2D eigenvalue weighted by molar-refractivity contribution is 0.0946. The summed E-state index contributed by atoms with van der Waals surface area (Å²) < 4.78 is 30.6. The summed E-state index contributed by atoms with van der Waals surface area (Å²) in [6, 6.07) is 10.6. The Bertz CT molecular complexity index is 977. The van der Waals surface area contributed by atoms with E-state index in [1.807, 2.05) is 0 Å². The van der Waals surface area contributed by atoms with Crippen LogP contribution in [0, 0.1) is 0 Å². The normalized spacial score (nSPS) is 11.4. The molecular weight excluding hydrogens is 374 g/mol. The van der Waals surface area contributed by atoms with Gasteiger partial charge in [-0.15, -0.1) is 11.3 Å². The lowest BCUT2D eigenvalue weighted by Gasteiger charge is -2.06. The monoisotopic (exact) mass is 391 g/mol. The molecule has 1 amide bonds. The molecule has 3 aromatic rings. The number of rotatable bonds is 7. The van der Waals surface area contributed by atoms with E-state index in [4.69, 9.17) is 4.42 Å². The number of nitrogens with zero attached hydrogens (tertiary/aromatic N) is 1. The molecule has 1 aromatic carbocycles. The Morgan fingerprint density at radius 1 is 1.19 bits per heavy atom. The van der Waals surface area contributed by atoms with Gasteiger partial charge >= 0.3 is 0 Å². The molecule has 7 nitrogen and oxygen atoms in total. The van der Waals surface area contributed by atoms with E-state index >= 15 is 0 Å². The predicted octanol–water partition coefficient (Wildman–Crippen LogP) is 2.38. The molecular formula is C17H17N3O4S2. The Hall–Kier alpha value is -2.49. The molecule has 0 aliphatic rings. The summed E-state index contributed by atoms with van der Waals surface area (Å²) in [5.41, 5.74) is 1.88. The molecule has 3 rings (SSSR count). The first-order valence-electron chi connectivity index (χ1n) is 7.73. The van der Waals surface area contributed by atoms with E-state index in [0.29, 0.717) is 28.6 Å². The zero-order valence-corrected chi connectivity index (χ0v) is 15.6. The lowest BCUT2D eigenvalue weighted by Crippen LogP contribution is -2.23. The van der Waals surface area contributed by atoms with Crippen molar-refractivity contribution in [3.05, 3.63) is 64.9 Å². The van der Waals surface area contributed by atoms with Gasteiger partial charge in [0.2, 0.25) is 10.0 Å². The van der Waals surface area contributed by atoms with Crippen molar-refractivity contribution in [3.8, 4) is 10.8 Å². The van der Waals surface area contributed by atoms with Crippen LogP contribution in [0.15, 0.2) is 52.5 Å². The van der Waals surface area contributed by atoms with Crippen molar-refractivity contribution >= 4 is 27.3 Å². The average molecular weight is 391 g/mol. The van der Waals surface area contributed by atoms with Gasteiger partial charge in [0.25, 0.3) is 5.91 Å². The molecule has 0 saturated heterocycles. The van der Waals surface area contributed by atoms with E-state index < -0.39 is 10.0 Å². The molecule has 9 heteroatoms. The number of furan rings is 1. The summed E-state index contributed by atoms with van der Waals surface area (Å²) in [6.07, 6.45) is 1.56. The number of hydrogen-bond donors (Lipinski definition) is 2. The number of carbonyl (C=O) groups is 1. The largest absolute Gasteiger partial charge is 0.462 e. The summed E-state index contributed by atoms with van der Waals surface area (Å²) in [4.78, 5) is 16.5. The molecule has 0 aliphatic heterocycles. The maximum absolute atomic E-state index is 12.2. The second kappa shape index (κ2) is 7.81. The van der Waals surface area contributed by atoms with Gasteiger partial charge in [0.15, 0.2) is 10.8 Å². The third-order valence-corrected chi connectivity index (χ3v) is 5.80. The fourth-order valence-electron chi connectivity index (χ4n) is 2.21. The zero-order valence-electron chi connectivity index (χ0n) is 13.9. The van der Waals surface area contributed by atoms with Crippen LogP contribution in [0.3, 0.4) is 0 Å². The zero-order chi connectivity index (χ0) is 18.6. The van der Waals surface area contributed by atoms with Gasteiger partial charge in [-0.2, -0.15) is 0 Å². The Balaban J connectivity index is 1.58. The van der Waals surface area contributed by atoms with Crippen molar-refractivity contribution in [3.63, 3.8) is 0 Å². The van der Waals surface area contributed by atoms with Crippen LogP contribution in [-0.2, 0) is 22.3 Å². The van der Waals surface area contributed by atoms with Crippen molar-refractivity contribution < 1.29 is 17.6 Å². The fraction of sp³-hybridized carbons (Fsp3) is 0.176. The van der Waals surface area contributed by atoms with Crippen LogP contribution in [0.1, 0.15) is 21.6 Å². The van der Waals surface area contributed by atoms with E-state index in [1.165, 1.54) is 18.4 Å². The van der Waals surface area contributed by atoms with Crippen LogP contribution in [0.2, 0.25) is 0 Å². The molecule has 0 bridgehead atoms. The number of benzene rings is 1. The van der Waals surface area contributed by atoms with E-state index in [-0.39, 0.29) is 11.7 Å². The molecule has 0 aliphatic carbocycles. The first-order chi connectivity index (χ1) is 12.5. The van der Waals surface area contributed by atoms with Gasteiger partial charge < -0.3 is 9.73 Å². The molecule has 0 saturated carbocycles. The van der Waals surface area contributed by atoms with Gasteiger partial charge in [-0.05, 0) is 30.3 Å². The highest BCUT2D eigenvalue weighted by molar-refractivity contribution is 7.88. The molecule has 0 fully saturated rings. The van der Waals surface area contributed by atoms with E-state index in [1.54, 1.807) is 48.0 Å². The molecule has 2 heterocycles. The summed E-state index contributed by atoms with van der Waals surface area (Å²) >= 11 is 1.34. The topological polar surface area (TPSA) is 101 Å². The Kier molecular flexibility index (Phi) is 5.50. The number of nitrogens with one attached hydrogen (secondary N) is 2. The Morgan fingerprint density at radius 3 is 2.58 bits per heavy atom. The van der Waals surface area contributed by atoms with Crippen LogP contribution < -0.4 is 10.0 Å². The van der Waals surface area contributed by atoms with Crippen LogP contribution in [-0.4, -0.2) is 26.4 Å². The minimum atomic E-state index is -3.30. The van der Waals surface area contributed by atoms with Crippen LogP contribution in [0.25, 0.3) is 10.8 Å². The van der Waals surface area contributed by atoms with Crippen molar-refractivity contribution in [2.75, 3.05) is 7.05 Å². The second-order valence-corrected chi connectivity index (χ2v) is 8.26. The standard InChI is InChI=1S/C17H17N3O4S2/c1-18-26(22,23)11-13-6-4-12(5-7-13)9-19-16(21)14-10-25-17(20-14)15-3-2-8-24-15/h2-8,10,18H,9,11H2,1H3,(H,19,21). The highest BCUT2D eigenvalue weighted by atomic mass is 32.2. The summed E-state index contributed by atoms with van der Waals surface area (Å²) in [5.74, 6) is 0.270. The van der Waals surface area contributed by atoms with Gasteiger partial charge in [0, 0.05) is 11.9 Å². The number of carbonyl (C=O) groups excluding carboxylic acids is 1. The molecule has 0 radical (unpaired) electrons. The quantitative estimate of drug-likeness (QED) is 0.644. The van der Waals surface area contributed by atoms with Crippen LogP contribution in [0.4, 0.5) is 0 Å². The SMILES string of the molecule is CNS(=O)(=O)Cc1ccc(CNC(=O)c2csc(-c3ccco3)n2)cc1. The number of sulfonamides is 1. The van der Waals surface area contributed by atoms with Gasteiger partial charge in [-0.25, -0.2) is 18.1 Å². The fourth-order valence-corrected chi connectivity index (χ4v) is 3.75. The first-order valence-corrected chi connectivity index (χ1v) is 10.3. The van der Waals surface area contributed by atoms with Crippen molar-refractivity contribution in [1.29, 1.82) is 0 Å². The van der Waals surface area contributed by atoms with Crippen molar-refractivity contribution in [2.24, 2.45) is 0 Å². The summed E-state index contributed by atoms with van der Waals surface area (Å²) in [6.45, 7) is 0.325. The Morgan fingerprint density at radius 2 is 1.92 bits per heavy atom. The molecule has 136 valence electrons. The second-order valence-electron chi connectivity index (χ2n) is 5.48. The summed E-state index contributed by atoms with van der Waals surface area (Å²) in [5, 5.41) is 5.12. The minimum Gasteiger partial charge on any atom is -0.462 e. The van der Waals surface area contributed by atoms with E-state index in [0.717, 1.165) is 5.56 Å². The number of thiazole rings is 1. The minimum absolute atomic E-state index is 0.0789. The van der Waals surface area contributed by atoms with Crippen LogP contribution in [0.5, 0.6) is 0 Å². The molecule has 0 spiro atoms. The van der Waals surface area contributed by atoms with Gasteiger partial charge in [-0.1, -0.05) is 24.3 Å². The third-order valence-electron chi connectivity index (χ3n) is 3.61. The molecule has 2 N–H and O–H groups in total. The Labute approximate surface area is 155 Å². The molecule has 0 atom stereocenters. The van der Waals surface area contributed by atoms with Gasteiger partial charge in [0.05, 0.1) is 12.0 Å². The van der Waals surface area contributed by atoms with Crippen LogP contribution >= 0.6 is 11.3 Å². The predicted molar refractivity (Wildman–Crippen MR) is 99.1 cm³/mol. The van der Waals surface area contributed by atoms with Crippen molar-refractivity contribution in [2.45, 2.75) is 12.3 Å². The van der Waals surface area contributed by atoms with E-state index in [9.17, 15) is 13.2 Å². The smallest absolute Gasteiger partial charge is 0.271 e. The highest BCUT2D eigenvalue weighted by Gasteiger charge is 2.13. The molecule has 0 unspecified atom stereocenters. The molecule has 2 aromatic heterocycles. The highest BCUT2D eigenvalue weighted by Crippen LogP contribution is 2.23. The van der Waals surface area contributed by atoms with Gasteiger partial charge in [0.1, 0.15) is 5.69 Å². The number of hydrogen-bond acceptors (Lipinski definition) is 6. The summed E-state index contributed by atoms with van der Waals surface area (Å²) in [7, 11) is -1.91.